The predicted molar refractivity (Wildman–Crippen MR) is 49.1 cm³/mol. The molecule has 1 heterocycles. The summed E-state index contributed by atoms with van der Waals surface area (Å²) in [6.07, 6.45) is 3.16. The lowest BCUT2D eigenvalue weighted by atomic mass is 10.2. The Morgan fingerprint density at radius 3 is 2.42 bits per heavy atom. The molecule has 1 aromatic heterocycles. The van der Waals surface area contributed by atoms with E-state index in [2.05, 4.69) is 31.1 Å². The maximum Gasteiger partial charge on any atom is 0.0856 e. The topological polar surface area (TPSA) is 30.7 Å². The maximum atomic E-state index is 4.14. The van der Waals surface area contributed by atoms with Crippen molar-refractivity contribution in [3.8, 4) is 0 Å². The number of aryl methyl sites for hydroxylation is 2. The van der Waals surface area contributed by atoms with Crippen LogP contribution in [0.4, 0.5) is 0 Å². The zero-order chi connectivity index (χ0) is 8.97. The Morgan fingerprint density at radius 2 is 1.92 bits per heavy atom. The molecular formula is C9H17N3. The van der Waals surface area contributed by atoms with Crippen molar-refractivity contribution in [2.75, 3.05) is 0 Å². The van der Waals surface area contributed by atoms with Crippen LogP contribution in [0.3, 0.4) is 0 Å². The van der Waals surface area contributed by atoms with E-state index in [4.69, 9.17) is 0 Å². The zero-order valence-electron chi connectivity index (χ0n) is 8.17. The van der Waals surface area contributed by atoms with E-state index < -0.39 is 0 Å². The number of aromatic nitrogens is 3. The highest BCUT2D eigenvalue weighted by atomic mass is 15.4. The third-order valence-corrected chi connectivity index (χ3v) is 2.02. The fourth-order valence-corrected chi connectivity index (χ4v) is 1.42. The molecule has 0 aromatic carbocycles. The van der Waals surface area contributed by atoms with E-state index in [1.54, 1.807) is 0 Å². The van der Waals surface area contributed by atoms with Crippen molar-refractivity contribution in [2.24, 2.45) is 0 Å². The first-order valence-electron chi connectivity index (χ1n) is 4.74. The second-order valence-electron chi connectivity index (χ2n) is 2.91. The van der Waals surface area contributed by atoms with Gasteiger partial charge in [-0.2, -0.15) is 0 Å². The average molecular weight is 167 g/mol. The summed E-state index contributed by atoms with van der Waals surface area (Å²) >= 11 is 0. The van der Waals surface area contributed by atoms with Gasteiger partial charge >= 0.3 is 0 Å². The smallest absolute Gasteiger partial charge is 0.0856 e. The van der Waals surface area contributed by atoms with Gasteiger partial charge in [0.25, 0.3) is 0 Å². The lowest BCUT2D eigenvalue weighted by molar-refractivity contribution is 0.558. The van der Waals surface area contributed by atoms with E-state index in [-0.39, 0.29) is 0 Å². The van der Waals surface area contributed by atoms with Crippen molar-refractivity contribution in [2.45, 2.75) is 46.6 Å². The minimum absolute atomic E-state index is 0.993. The summed E-state index contributed by atoms with van der Waals surface area (Å²) in [7, 11) is 0. The molecule has 0 aliphatic carbocycles. The second kappa shape index (κ2) is 4.24. The fourth-order valence-electron chi connectivity index (χ4n) is 1.42. The fraction of sp³-hybridized carbons (Fsp3) is 0.778. The van der Waals surface area contributed by atoms with E-state index in [9.17, 15) is 0 Å². The largest absolute Gasteiger partial charge is 0.249 e. The summed E-state index contributed by atoms with van der Waals surface area (Å²) in [6, 6.07) is 0. The van der Waals surface area contributed by atoms with Gasteiger partial charge in [0, 0.05) is 6.54 Å². The normalized spacial score (nSPS) is 10.6. The molecule has 3 nitrogen and oxygen atoms in total. The summed E-state index contributed by atoms with van der Waals surface area (Å²) < 4.78 is 2.03. The van der Waals surface area contributed by atoms with E-state index in [0.717, 1.165) is 31.5 Å². The molecule has 0 atom stereocenters. The molecule has 12 heavy (non-hydrogen) atoms. The molecule has 0 bridgehead atoms. The molecule has 1 rings (SSSR count). The van der Waals surface area contributed by atoms with Crippen molar-refractivity contribution in [3.63, 3.8) is 0 Å². The van der Waals surface area contributed by atoms with Crippen molar-refractivity contribution in [1.29, 1.82) is 0 Å². The van der Waals surface area contributed by atoms with E-state index in [0.29, 0.717) is 0 Å². The van der Waals surface area contributed by atoms with Gasteiger partial charge < -0.3 is 0 Å². The highest BCUT2D eigenvalue weighted by molar-refractivity contribution is 5.09. The van der Waals surface area contributed by atoms with Gasteiger partial charge in [0.2, 0.25) is 0 Å². The first kappa shape index (κ1) is 9.23. The quantitative estimate of drug-likeness (QED) is 0.684. The zero-order valence-corrected chi connectivity index (χ0v) is 8.17. The van der Waals surface area contributed by atoms with Gasteiger partial charge in [0.15, 0.2) is 0 Å². The Kier molecular flexibility index (Phi) is 3.26. The van der Waals surface area contributed by atoms with Gasteiger partial charge in [-0.1, -0.05) is 26.0 Å². The number of hydrogen-bond donors (Lipinski definition) is 0. The predicted octanol–water partition coefficient (Wildman–Crippen LogP) is 1.81. The van der Waals surface area contributed by atoms with Crippen LogP contribution in [0.25, 0.3) is 0 Å². The van der Waals surface area contributed by atoms with Crippen LogP contribution < -0.4 is 0 Å². The molecule has 0 unspecified atom stereocenters. The molecule has 3 heteroatoms. The Labute approximate surface area is 73.8 Å². The van der Waals surface area contributed by atoms with E-state index >= 15 is 0 Å². The number of rotatable bonds is 4. The van der Waals surface area contributed by atoms with Gasteiger partial charge in [-0.05, 0) is 19.3 Å². The Hall–Kier alpha value is -0.860. The van der Waals surface area contributed by atoms with Crippen LogP contribution in [0.5, 0.6) is 0 Å². The lowest BCUT2D eigenvalue weighted by Crippen LogP contribution is -2.04. The highest BCUT2D eigenvalue weighted by Gasteiger charge is 2.07. The van der Waals surface area contributed by atoms with Crippen molar-refractivity contribution < 1.29 is 0 Å². The van der Waals surface area contributed by atoms with Crippen LogP contribution in [0, 0.1) is 0 Å². The monoisotopic (exact) mass is 167 g/mol. The van der Waals surface area contributed by atoms with Crippen LogP contribution in [0.15, 0.2) is 0 Å². The number of nitrogens with zero attached hydrogens (tertiary/aromatic N) is 3. The molecule has 0 aliphatic rings. The summed E-state index contributed by atoms with van der Waals surface area (Å²) in [6.45, 7) is 7.44. The van der Waals surface area contributed by atoms with Crippen molar-refractivity contribution >= 4 is 0 Å². The third kappa shape index (κ3) is 1.65. The maximum absolute atomic E-state index is 4.14. The molecule has 0 saturated heterocycles. The Bertz CT molecular complexity index is 240. The van der Waals surface area contributed by atoms with Gasteiger partial charge in [0.1, 0.15) is 0 Å². The van der Waals surface area contributed by atoms with Crippen molar-refractivity contribution in [1.82, 2.24) is 15.0 Å². The minimum atomic E-state index is 0.993. The van der Waals surface area contributed by atoms with Crippen LogP contribution >= 0.6 is 0 Å². The summed E-state index contributed by atoms with van der Waals surface area (Å²) in [5.74, 6) is 0. The SMILES string of the molecule is CCCn1nnc(CC)c1CC. The molecule has 0 amide bonds. The van der Waals surface area contributed by atoms with Gasteiger partial charge in [-0.3, -0.25) is 0 Å². The first-order valence-corrected chi connectivity index (χ1v) is 4.74. The minimum Gasteiger partial charge on any atom is -0.249 e. The van der Waals surface area contributed by atoms with Crippen LogP contribution in [-0.4, -0.2) is 15.0 Å². The van der Waals surface area contributed by atoms with Gasteiger partial charge in [-0.15, -0.1) is 5.10 Å². The molecule has 0 fully saturated rings. The van der Waals surface area contributed by atoms with Gasteiger partial charge in [0.05, 0.1) is 11.4 Å². The number of hydrogen-bond acceptors (Lipinski definition) is 2. The molecule has 0 saturated carbocycles. The Morgan fingerprint density at radius 1 is 1.17 bits per heavy atom. The molecule has 0 aliphatic heterocycles. The second-order valence-corrected chi connectivity index (χ2v) is 2.91. The van der Waals surface area contributed by atoms with Crippen LogP contribution in [0.1, 0.15) is 38.6 Å². The average Bonchev–Trinajstić information content (AvgIpc) is 2.47. The molecular weight excluding hydrogens is 150 g/mol. The lowest BCUT2D eigenvalue weighted by Gasteiger charge is -2.02. The highest BCUT2D eigenvalue weighted by Crippen LogP contribution is 2.07. The molecule has 0 spiro atoms. The molecule has 0 N–H and O–H groups in total. The summed E-state index contributed by atoms with van der Waals surface area (Å²) in [4.78, 5) is 0. The van der Waals surface area contributed by atoms with E-state index in [1.165, 1.54) is 5.69 Å². The van der Waals surface area contributed by atoms with Crippen LogP contribution in [-0.2, 0) is 19.4 Å². The van der Waals surface area contributed by atoms with E-state index in [1.807, 2.05) is 4.68 Å². The molecule has 68 valence electrons. The third-order valence-electron chi connectivity index (χ3n) is 2.02. The van der Waals surface area contributed by atoms with Crippen molar-refractivity contribution in [3.05, 3.63) is 11.4 Å². The summed E-state index contributed by atoms with van der Waals surface area (Å²) in [5.41, 5.74) is 2.46. The molecule has 1 aromatic rings. The first-order chi connectivity index (χ1) is 5.83. The molecule has 0 radical (unpaired) electrons. The standard InChI is InChI=1S/C9H17N3/c1-4-7-12-9(6-3)8(5-2)10-11-12/h4-7H2,1-3H3. The van der Waals surface area contributed by atoms with Crippen LogP contribution in [0.2, 0.25) is 0 Å². The summed E-state index contributed by atoms with van der Waals surface area (Å²) in [5, 5.41) is 8.25. The van der Waals surface area contributed by atoms with Gasteiger partial charge in [-0.25, -0.2) is 4.68 Å². The Balaban J connectivity index is 2.88.